The second kappa shape index (κ2) is 9.15. The number of hydrogen-bond acceptors (Lipinski definition) is 4. The largest absolute Gasteiger partial charge is 0.496 e. The Balaban J connectivity index is 1.70. The molecule has 1 amide bonds. The third-order valence-corrected chi connectivity index (χ3v) is 4.67. The molecule has 3 rings (SSSR count). The van der Waals surface area contributed by atoms with E-state index in [0.29, 0.717) is 6.54 Å². The summed E-state index contributed by atoms with van der Waals surface area (Å²) in [6, 6.07) is 17.7. The molecule has 0 aliphatic rings. The molecule has 0 aliphatic carbocycles. The fourth-order valence-electron chi connectivity index (χ4n) is 3.20. The van der Waals surface area contributed by atoms with Crippen molar-refractivity contribution in [2.75, 3.05) is 27.7 Å². The standard InChI is InChI=1S/C23H25N3O2/c1-26(2)20(19-11-4-5-12-21(19)28-3)16-25-22(27)14-13-18-9-6-8-17-10-7-15-24-23(17)18/h4-15,20H,16H2,1-3H3,(H,25,27)/b14-13+. The van der Waals surface area contributed by atoms with Gasteiger partial charge in [0.2, 0.25) is 5.91 Å². The number of amides is 1. The Bertz CT molecular complexity index is 977. The smallest absolute Gasteiger partial charge is 0.244 e. The van der Waals surface area contributed by atoms with Crippen LogP contribution in [-0.4, -0.2) is 43.5 Å². The molecule has 0 saturated carbocycles. The van der Waals surface area contributed by atoms with Crippen molar-refractivity contribution in [1.82, 2.24) is 15.2 Å². The zero-order valence-electron chi connectivity index (χ0n) is 16.4. The Morgan fingerprint density at radius 1 is 1.14 bits per heavy atom. The Morgan fingerprint density at radius 2 is 1.93 bits per heavy atom. The highest BCUT2D eigenvalue weighted by atomic mass is 16.5. The van der Waals surface area contributed by atoms with Crippen LogP contribution in [0.15, 0.2) is 66.9 Å². The maximum atomic E-state index is 12.4. The van der Waals surface area contributed by atoms with Gasteiger partial charge in [-0.1, -0.05) is 42.5 Å². The highest BCUT2D eigenvalue weighted by molar-refractivity contribution is 5.95. The van der Waals surface area contributed by atoms with E-state index in [-0.39, 0.29) is 11.9 Å². The van der Waals surface area contributed by atoms with Crippen LogP contribution in [0.3, 0.4) is 0 Å². The van der Waals surface area contributed by atoms with Crippen molar-refractivity contribution in [3.05, 3.63) is 78.0 Å². The van der Waals surface area contributed by atoms with Gasteiger partial charge in [-0.05, 0) is 32.3 Å². The Kier molecular flexibility index (Phi) is 6.40. The molecule has 28 heavy (non-hydrogen) atoms. The van der Waals surface area contributed by atoms with Crippen molar-refractivity contribution < 1.29 is 9.53 Å². The zero-order valence-corrected chi connectivity index (χ0v) is 16.4. The van der Waals surface area contributed by atoms with Gasteiger partial charge in [0, 0.05) is 35.3 Å². The summed E-state index contributed by atoms with van der Waals surface area (Å²) in [5.41, 5.74) is 2.84. The zero-order chi connectivity index (χ0) is 19.9. The van der Waals surface area contributed by atoms with E-state index in [1.165, 1.54) is 0 Å². The van der Waals surface area contributed by atoms with Crippen molar-refractivity contribution >= 4 is 22.9 Å². The predicted octanol–water partition coefficient (Wildman–Crippen LogP) is 3.68. The van der Waals surface area contributed by atoms with Crippen LogP contribution in [0.5, 0.6) is 5.75 Å². The quantitative estimate of drug-likeness (QED) is 0.640. The molecule has 0 radical (unpaired) electrons. The van der Waals surface area contributed by atoms with Gasteiger partial charge >= 0.3 is 0 Å². The van der Waals surface area contributed by atoms with Crippen molar-refractivity contribution in [3.8, 4) is 5.75 Å². The number of carbonyl (C=O) groups is 1. The summed E-state index contributed by atoms with van der Waals surface area (Å²) in [7, 11) is 5.63. The van der Waals surface area contributed by atoms with Crippen molar-refractivity contribution in [1.29, 1.82) is 0 Å². The molecule has 0 fully saturated rings. The molecule has 1 unspecified atom stereocenters. The molecule has 1 atom stereocenters. The van der Waals surface area contributed by atoms with Crippen molar-refractivity contribution in [2.45, 2.75) is 6.04 Å². The number of hydrogen-bond donors (Lipinski definition) is 1. The molecule has 144 valence electrons. The number of aromatic nitrogens is 1. The van der Waals surface area contributed by atoms with E-state index in [2.05, 4.69) is 15.2 Å². The highest BCUT2D eigenvalue weighted by Gasteiger charge is 2.18. The van der Waals surface area contributed by atoms with E-state index in [9.17, 15) is 4.79 Å². The highest BCUT2D eigenvalue weighted by Crippen LogP contribution is 2.27. The summed E-state index contributed by atoms with van der Waals surface area (Å²) < 4.78 is 5.47. The van der Waals surface area contributed by atoms with Crippen LogP contribution in [0.25, 0.3) is 17.0 Å². The minimum absolute atomic E-state index is 0.00715. The summed E-state index contributed by atoms with van der Waals surface area (Å²) in [6.45, 7) is 0.477. The lowest BCUT2D eigenvalue weighted by Crippen LogP contribution is -2.33. The van der Waals surface area contributed by atoms with E-state index in [1.54, 1.807) is 25.5 Å². The lowest BCUT2D eigenvalue weighted by Gasteiger charge is -2.26. The fourth-order valence-corrected chi connectivity index (χ4v) is 3.20. The number of ether oxygens (including phenoxy) is 1. The topological polar surface area (TPSA) is 54.5 Å². The molecule has 0 bridgehead atoms. The average Bonchev–Trinajstić information content (AvgIpc) is 2.72. The van der Waals surface area contributed by atoms with Gasteiger partial charge in [-0.3, -0.25) is 9.78 Å². The fraction of sp³-hybridized carbons (Fsp3) is 0.217. The number of benzene rings is 2. The van der Waals surface area contributed by atoms with Gasteiger partial charge in [-0.15, -0.1) is 0 Å². The van der Waals surface area contributed by atoms with Crippen LogP contribution in [0.2, 0.25) is 0 Å². The third kappa shape index (κ3) is 4.56. The molecule has 5 heteroatoms. The number of fused-ring (bicyclic) bond motifs is 1. The first kappa shape index (κ1) is 19.6. The molecule has 0 saturated heterocycles. The van der Waals surface area contributed by atoms with Gasteiger partial charge in [0.05, 0.1) is 18.7 Å². The lowest BCUT2D eigenvalue weighted by atomic mass is 10.0. The van der Waals surface area contributed by atoms with Crippen LogP contribution >= 0.6 is 0 Å². The molecule has 1 aromatic heterocycles. The van der Waals surface area contributed by atoms with Gasteiger partial charge in [0.1, 0.15) is 5.75 Å². The molecule has 1 heterocycles. The minimum Gasteiger partial charge on any atom is -0.496 e. The van der Waals surface area contributed by atoms with Crippen molar-refractivity contribution in [2.24, 2.45) is 0 Å². The summed E-state index contributed by atoms with van der Waals surface area (Å²) in [5.74, 6) is 0.669. The number of nitrogens with one attached hydrogen (secondary N) is 1. The predicted molar refractivity (Wildman–Crippen MR) is 113 cm³/mol. The summed E-state index contributed by atoms with van der Waals surface area (Å²) in [4.78, 5) is 18.9. The Morgan fingerprint density at radius 3 is 2.71 bits per heavy atom. The van der Waals surface area contributed by atoms with Gasteiger partial charge < -0.3 is 15.0 Å². The Hall–Kier alpha value is -3.18. The maximum absolute atomic E-state index is 12.4. The summed E-state index contributed by atoms with van der Waals surface area (Å²) >= 11 is 0. The normalized spacial score (nSPS) is 12.4. The van der Waals surface area contributed by atoms with E-state index in [0.717, 1.165) is 27.8 Å². The number of nitrogens with zero attached hydrogens (tertiary/aromatic N) is 2. The number of carbonyl (C=O) groups excluding carboxylic acids is 1. The Labute approximate surface area is 165 Å². The first-order valence-corrected chi connectivity index (χ1v) is 9.19. The van der Waals surface area contributed by atoms with Gasteiger partial charge in [-0.2, -0.15) is 0 Å². The maximum Gasteiger partial charge on any atom is 0.244 e. The van der Waals surface area contributed by atoms with Crippen LogP contribution < -0.4 is 10.1 Å². The monoisotopic (exact) mass is 375 g/mol. The van der Waals surface area contributed by atoms with Gasteiger partial charge in [0.25, 0.3) is 0 Å². The second-order valence-electron chi connectivity index (χ2n) is 6.72. The first-order chi connectivity index (χ1) is 13.6. The lowest BCUT2D eigenvalue weighted by molar-refractivity contribution is -0.116. The third-order valence-electron chi connectivity index (χ3n) is 4.67. The van der Waals surface area contributed by atoms with Crippen LogP contribution in [-0.2, 0) is 4.79 Å². The van der Waals surface area contributed by atoms with Crippen LogP contribution in [0.4, 0.5) is 0 Å². The van der Waals surface area contributed by atoms with Crippen molar-refractivity contribution in [3.63, 3.8) is 0 Å². The van der Waals surface area contributed by atoms with E-state index >= 15 is 0 Å². The SMILES string of the molecule is COc1ccccc1C(CNC(=O)/C=C/c1cccc2cccnc12)N(C)C. The first-order valence-electron chi connectivity index (χ1n) is 9.19. The van der Waals surface area contributed by atoms with E-state index in [1.807, 2.05) is 68.7 Å². The molecule has 5 nitrogen and oxygen atoms in total. The van der Waals surface area contributed by atoms with Gasteiger partial charge in [0.15, 0.2) is 0 Å². The number of pyridine rings is 1. The molecule has 2 aromatic carbocycles. The van der Waals surface area contributed by atoms with Crippen LogP contribution in [0, 0.1) is 0 Å². The van der Waals surface area contributed by atoms with E-state index < -0.39 is 0 Å². The van der Waals surface area contributed by atoms with E-state index in [4.69, 9.17) is 4.74 Å². The number of para-hydroxylation sites is 2. The van der Waals surface area contributed by atoms with Crippen LogP contribution in [0.1, 0.15) is 17.2 Å². The second-order valence-corrected chi connectivity index (χ2v) is 6.72. The molecule has 3 aromatic rings. The number of likely N-dealkylation sites (N-methyl/N-ethyl adjacent to an activating group) is 1. The molecule has 1 N–H and O–H groups in total. The average molecular weight is 375 g/mol. The molecular weight excluding hydrogens is 350 g/mol. The summed E-state index contributed by atoms with van der Waals surface area (Å²) in [5, 5.41) is 4.04. The molecule has 0 aliphatic heterocycles. The number of methoxy groups -OCH3 is 1. The minimum atomic E-state index is -0.144. The number of rotatable bonds is 7. The summed E-state index contributed by atoms with van der Waals surface area (Å²) in [6.07, 6.45) is 5.12. The van der Waals surface area contributed by atoms with Gasteiger partial charge in [-0.25, -0.2) is 0 Å². The molecule has 0 spiro atoms. The molecular formula is C23H25N3O2.